The van der Waals surface area contributed by atoms with E-state index in [-0.39, 0.29) is 42.2 Å². The summed E-state index contributed by atoms with van der Waals surface area (Å²) in [6.45, 7) is 3.70. The molecule has 18 heteroatoms. The van der Waals surface area contributed by atoms with Crippen molar-refractivity contribution < 1.29 is 56.8 Å². The average Bonchev–Trinajstić information content (AvgIpc) is 3.55. The summed E-state index contributed by atoms with van der Waals surface area (Å²) in [7, 11) is -4.63. The molecule has 3 heterocycles. The Labute approximate surface area is 415 Å². The van der Waals surface area contributed by atoms with Crippen molar-refractivity contribution in [3.05, 3.63) is 191 Å². The molecule has 0 unspecified atom stereocenters. The van der Waals surface area contributed by atoms with Crippen LogP contribution in [0.2, 0.25) is 0 Å². The Morgan fingerprint density at radius 2 is 1.38 bits per heavy atom. The lowest BCUT2D eigenvalue weighted by molar-refractivity contribution is -0.161. The van der Waals surface area contributed by atoms with Gasteiger partial charge < -0.3 is 45.3 Å². The van der Waals surface area contributed by atoms with Crippen molar-refractivity contribution in [1.29, 1.82) is 0 Å². The Morgan fingerprint density at radius 3 is 2.01 bits per heavy atom. The fourth-order valence-electron chi connectivity index (χ4n) is 8.55. The maximum absolute atomic E-state index is 14.8. The molecule has 6 aromatic rings. The van der Waals surface area contributed by atoms with E-state index >= 15 is 0 Å². The van der Waals surface area contributed by atoms with Crippen LogP contribution in [-0.2, 0) is 45.8 Å². The summed E-state index contributed by atoms with van der Waals surface area (Å²) in [4.78, 5) is 73.1. The van der Waals surface area contributed by atoms with Crippen molar-refractivity contribution in [2.45, 2.75) is 55.2 Å². The highest BCUT2D eigenvalue weighted by Crippen LogP contribution is 2.50. The fourth-order valence-corrected chi connectivity index (χ4v) is 10.8. The van der Waals surface area contributed by atoms with Gasteiger partial charge in [0, 0.05) is 31.4 Å². The number of esters is 1. The highest BCUT2D eigenvalue weighted by molar-refractivity contribution is 7.94. The summed E-state index contributed by atoms with van der Waals surface area (Å²) in [6, 6.07) is 39.9. The number of aromatic hydroxyl groups is 2. The second kappa shape index (κ2) is 20.8. The van der Waals surface area contributed by atoms with Crippen molar-refractivity contribution in [2.75, 3.05) is 19.7 Å². The van der Waals surface area contributed by atoms with Gasteiger partial charge in [-0.25, -0.2) is 22.8 Å². The zero-order chi connectivity index (χ0) is 51.2. The van der Waals surface area contributed by atoms with Crippen LogP contribution < -0.4 is 16.0 Å². The second-order valence-corrected chi connectivity index (χ2v) is 20.3. The number of amides is 4. The molecule has 1 aromatic heterocycles. The number of pyridine rings is 1. The predicted molar refractivity (Wildman–Crippen MR) is 264 cm³/mol. The third-order valence-corrected chi connectivity index (χ3v) is 15.2. The Morgan fingerprint density at radius 1 is 0.764 bits per heavy atom. The summed E-state index contributed by atoms with van der Waals surface area (Å²) < 4.78 is 44.6. The number of hydrogen-bond acceptors (Lipinski definition) is 13. The first-order chi connectivity index (χ1) is 34.5. The molecule has 8 rings (SSSR count). The Hall–Kier alpha value is -8.51. The number of β-lactam (4-membered cyclic amide) rings is 1. The van der Waals surface area contributed by atoms with Crippen molar-refractivity contribution in [1.82, 2.24) is 25.8 Å². The average molecular weight is 994 g/mol. The molecule has 370 valence electrons. The third kappa shape index (κ3) is 10.5. The van der Waals surface area contributed by atoms with Crippen molar-refractivity contribution in [2.24, 2.45) is 0 Å². The topological polar surface area (TPSA) is 240 Å². The van der Waals surface area contributed by atoms with Gasteiger partial charge in [-0.1, -0.05) is 121 Å². The molecule has 3 atom stereocenters. The molecule has 2 fully saturated rings. The first-order valence-corrected chi connectivity index (χ1v) is 24.4. The van der Waals surface area contributed by atoms with Crippen LogP contribution >= 0.6 is 0 Å². The molecule has 2 aliphatic rings. The van der Waals surface area contributed by atoms with Crippen LogP contribution in [0.1, 0.15) is 65.2 Å². The smallest absolute Gasteiger partial charge is 0.408 e. The summed E-state index contributed by atoms with van der Waals surface area (Å²) in [5.41, 5.74) is 3.32. The van der Waals surface area contributed by atoms with E-state index < -0.39 is 80.0 Å². The summed E-state index contributed by atoms with van der Waals surface area (Å²) >= 11 is 0. The van der Waals surface area contributed by atoms with Crippen LogP contribution in [0.15, 0.2) is 157 Å². The number of nitrogens with one attached hydrogen (secondary N) is 3. The molecule has 2 aliphatic heterocycles. The molecular formula is C54H51N5O12S. The number of hydrogen-bond donors (Lipinski definition) is 5. The lowest BCUT2D eigenvalue weighted by atomic mass is 9.93. The van der Waals surface area contributed by atoms with E-state index in [0.29, 0.717) is 16.7 Å². The van der Waals surface area contributed by atoms with E-state index in [4.69, 9.17) is 14.2 Å². The Kier molecular flexibility index (Phi) is 14.4. The van der Waals surface area contributed by atoms with Crippen LogP contribution in [0, 0.1) is 0 Å². The van der Waals surface area contributed by atoms with E-state index in [1.54, 1.807) is 74.5 Å². The van der Waals surface area contributed by atoms with E-state index in [9.17, 15) is 42.6 Å². The van der Waals surface area contributed by atoms with E-state index in [1.807, 2.05) is 54.6 Å². The molecule has 2 saturated heterocycles. The van der Waals surface area contributed by atoms with Crippen LogP contribution in [0.25, 0.3) is 17.2 Å². The van der Waals surface area contributed by atoms with E-state index in [1.165, 1.54) is 49.5 Å². The van der Waals surface area contributed by atoms with Gasteiger partial charge in [0.15, 0.2) is 38.9 Å². The number of sulfone groups is 1. The molecule has 17 nitrogen and oxygen atoms in total. The quantitative estimate of drug-likeness (QED) is 0.0166. The normalized spacial score (nSPS) is 18.4. The number of phenols is 2. The van der Waals surface area contributed by atoms with Gasteiger partial charge in [0.1, 0.15) is 17.0 Å². The van der Waals surface area contributed by atoms with Crippen molar-refractivity contribution in [3.63, 3.8) is 0 Å². The largest absolute Gasteiger partial charge is 0.504 e. The monoisotopic (exact) mass is 993 g/mol. The van der Waals surface area contributed by atoms with Crippen LogP contribution in [0.4, 0.5) is 9.59 Å². The summed E-state index contributed by atoms with van der Waals surface area (Å²) in [5, 5.41) is 25.6. The zero-order valence-electron chi connectivity index (χ0n) is 39.4. The van der Waals surface area contributed by atoms with Gasteiger partial charge >= 0.3 is 18.2 Å². The Bertz CT molecular complexity index is 3100. The van der Waals surface area contributed by atoms with Crippen LogP contribution in [-0.4, -0.2) is 94.3 Å². The van der Waals surface area contributed by atoms with Gasteiger partial charge in [0.2, 0.25) is 0 Å². The van der Waals surface area contributed by atoms with Gasteiger partial charge in [-0.15, -0.1) is 0 Å². The number of fused-ring (bicyclic) bond motifs is 1. The third-order valence-electron chi connectivity index (χ3n) is 12.5. The number of phenolic OH excluding ortho intramolecular Hbond substituents is 2. The molecule has 0 bridgehead atoms. The minimum Gasteiger partial charge on any atom is -0.504 e. The second-order valence-electron chi connectivity index (χ2n) is 17.8. The zero-order valence-corrected chi connectivity index (χ0v) is 40.2. The molecule has 4 amide bonds. The highest BCUT2D eigenvalue weighted by atomic mass is 32.2. The molecule has 0 aliphatic carbocycles. The van der Waals surface area contributed by atoms with Crippen molar-refractivity contribution >= 4 is 45.9 Å². The summed E-state index contributed by atoms with van der Waals surface area (Å²) in [5.74, 6) is -3.25. The molecule has 5 N–H and O–H groups in total. The highest BCUT2D eigenvalue weighted by Gasteiger charge is 2.73. The van der Waals surface area contributed by atoms with Crippen molar-refractivity contribution in [3.8, 4) is 22.6 Å². The van der Waals surface area contributed by atoms with E-state index in [2.05, 4.69) is 20.9 Å². The first kappa shape index (κ1) is 49.9. The van der Waals surface area contributed by atoms with Gasteiger partial charge in [-0.3, -0.25) is 14.6 Å². The summed E-state index contributed by atoms with van der Waals surface area (Å²) in [6.07, 6.45) is -0.265. The minimum absolute atomic E-state index is 0.0125. The number of nitrogens with zero attached hydrogens (tertiary/aromatic N) is 2. The number of rotatable bonds is 16. The number of alkyl carbamates (subject to hydrolysis) is 2. The molecule has 0 spiro atoms. The van der Waals surface area contributed by atoms with Gasteiger partial charge in [-0.05, 0) is 84.5 Å². The SMILES string of the molecule is CC(C)(OC(=O)NCCNC(=O)c1ccnc(/C=C2/C(=O)N3[C@@H](C(=O)OC(c4ccccc4)c4ccccc4)[C@](C)(COC(=O)NCc4ccc(O)c(O)c4)S(=O)(=O)[C@H]23)c1)c1ccc(-c2ccccc2)cc1. The maximum Gasteiger partial charge on any atom is 0.408 e. The molecule has 0 saturated carbocycles. The van der Waals surface area contributed by atoms with Gasteiger partial charge in [0.05, 0.1) is 11.3 Å². The predicted octanol–water partition coefficient (Wildman–Crippen LogP) is 6.92. The molecule has 72 heavy (non-hydrogen) atoms. The fraction of sp³-hybridized carbons (Fsp3) is 0.222. The minimum atomic E-state index is -4.63. The molecule has 0 radical (unpaired) electrons. The first-order valence-electron chi connectivity index (χ1n) is 22.8. The van der Waals surface area contributed by atoms with Gasteiger partial charge in [-0.2, -0.15) is 0 Å². The van der Waals surface area contributed by atoms with Gasteiger partial charge in [0.25, 0.3) is 11.8 Å². The number of ether oxygens (including phenoxy) is 3. The number of carbonyl (C=O) groups is 5. The molecular weight excluding hydrogens is 943 g/mol. The Balaban J connectivity index is 0.952. The van der Waals surface area contributed by atoms with E-state index in [0.717, 1.165) is 21.6 Å². The lowest BCUT2D eigenvalue weighted by Crippen LogP contribution is -2.60. The van der Waals surface area contributed by atoms with Crippen LogP contribution in [0.3, 0.4) is 0 Å². The number of carbonyl (C=O) groups excluding carboxylic acids is 5. The van der Waals surface area contributed by atoms with Crippen LogP contribution in [0.5, 0.6) is 11.5 Å². The number of aromatic nitrogens is 1. The lowest BCUT2D eigenvalue weighted by Gasteiger charge is -2.39. The standard InChI is InChI=1S/C54H51N5O12S/c1-53(2,40-22-20-36(21-23-40)35-13-7-4-8-14-35)71-52(66)57-28-27-56-47(62)39-25-26-55-41(30-39)31-42-48(63)59-46(50(64)70-45(37-15-9-5-10-16-37)38-17-11-6-12-18-38)54(3,72(67,68)49(42)59)33-69-51(65)58-32-34-19-24-43(60)44(61)29-34/h4-26,29-31,45-46,49,60-61H,27-28,32-33H2,1-3H3,(H,56,62)(H,57,66)(H,58,65)/b42-31-/t46-,49+,54-/m0/s1. The number of benzene rings is 5. The maximum atomic E-state index is 14.8. The molecule has 5 aromatic carbocycles.